The van der Waals surface area contributed by atoms with Crippen LogP contribution in [0.15, 0.2) is 51.8 Å². The van der Waals surface area contributed by atoms with Crippen LogP contribution in [-0.2, 0) is 13.5 Å². The molecule has 0 radical (unpaired) electrons. The highest BCUT2D eigenvalue weighted by Gasteiger charge is 2.12. The Kier molecular flexibility index (Phi) is 3.88. The lowest BCUT2D eigenvalue weighted by Gasteiger charge is -2.06. The molecule has 0 spiro atoms. The molecule has 0 aliphatic carbocycles. The third kappa shape index (κ3) is 2.90. The van der Waals surface area contributed by atoms with Gasteiger partial charge in [0.05, 0.1) is 17.5 Å². The highest BCUT2D eigenvalue weighted by atomic mass is 16.5. The normalized spacial score (nSPS) is 11.2. The first kappa shape index (κ1) is 16.2. The largest absolute Gasteiger partial charge is 0.339 e. The van der Waals surface area contributed by atoms with Crippen LogP contribution in [-0.4, -0.2) is 19.7 Å². The van der Waals surface area contributed by atoms with Crippen molar-refractivity contribution in [2.45, 2.75) is 20.3 Å². The van der Waals surface area contributed by atoms with Gasteiger partial charge in [0.25, 0.3) is 5.56 Å². The van der Waals surface area contributed by atoms with Gasteiger partial charge in [0.1, 0.15) is 5.69 Å². The minimum atomic E-state index is -0.0924. The molecule has 26 heavy (non-hydrogen) atoms. The molecule has 4 rings (SSSR count). The maximum absolute atomic E-state index is 12.0. The van der Waals surface area contributed by atoms with E-state index in [1.807, 2.05) is 18.2 Å². The van der Waals surface area contributed by atoms with E-state index in [1.54, 1.807) is 18.5 Å². The molecular weight excluding hydrogens is 328 g/mol. The van der Waals surface area contributed by atoms with Gasteiger partial charge in [-0.15, -0.1) is 0 Å². The molecule has 6 heteroatoms. The lowest BCUT2D eigenvalue weighted by atomic mass is 10.1. The van der Waals surface area contributed by atoms with Crippen LogP contribution in [0.2, 0.25) is 0 Å². The van der Waals surface area contributed by atoms with Crippen LogP contribution in [0.25, 0.3) is 22.4 Å². The van der Waals surface area contributed by atoms with Gasteiger partial charge >= 0.3 is 0 Å². The minimum Gasteiger partial charge on any atom is -0.339 e. The van der Waals surface area contributed by atoms with E-state index < -0.39 is 0 Å². The first-order chi connectivity index (χ1) is 12.5. The van der Waals surface area contributed by atoms with Crippen molar-refractivity contribution in [3.63, 3.8) is 0 Å². The molecule has 0 fully saturated rings. The van der Waals surface area contributed by atoms with Crippen molar-refractivity contribution >= 4 is 11.0 Å². The molecule has 0 unspecified atom stereocenters. The highest BCUT2D eigenvalue weighted by Crippen LogP contribution is 2.21. The molecule has 0 bridgehead atoms. The minimum absolute atomic E-state index is 0.0924. The summed E-state index contributed by atoms with van der Waals surface area (Å²) in [5, 5.41) is 4.09. The molecule has 0 saturated heterocycles. The number of rotatable bonds is 3. The zero-order valence-corrected chi connectivity index (χ0v) is 14.9. The van der Waals surface area contributed by atoms with Crippen LogP contribution in [0.4, 0.5) is 0 Å². The molecule has 2 heterocycles. The molecule has 130 valence electrons. The molecule has 0 amide bonds. The van der Waals surface area contributed by atoms with E-state index in [2.05, 4.69) is 46.3 Å². The van der Waals surface area contributed by atoms with E-state index >= 15 is 0 Å². The summed E-state index contributed by atoms with van der Waals surface area (Å²) in [7, 11) is 1.74. The smallest absolute Gasteiger partial charge is 0.272 e. The number of hydrogen-bond donors (Lipinski definition) is 0. The number of hydrogen-bond acceptors (Lipinski definition) is 5. The maximum atomic E-state index is 12.0. The Morgan fingerprint density at radius 2 is 1.81 bits per heavy atom. The Hall–Kier alpha value is -3.28. The number of benzene rings is 2. The summed E-state index contributed by atoms with van der Waals surface area (Å²) >= 11 is 0. The molecule has 4 aromatic rings. The lowest BCUT2D eigenvalue weighted by Crippen LogP contribution is -2.21. The van der Waals surface area contributed by atoms with E-state index in [4.69, 9.17) is 4.52 Å². The SMILES string of the molecule is Cc1ccc(Cc2nc(-c3ccc4c(c3)nc(C)c(=O)n4C)no2)cc1. The van der Waals surface area contributed by atoms with Gasteiger partial charge in [0.15, 0.2) is 0 Å². The predicted molar refractivity (Wildman–Crippen MR) is 99.0 cm³/mol. The second-order valence-corrected chi connectivity index (χ2v) is 6.44. The standard InChI is InChI=1S/C20H18N4O2/c1-12-4-6-14(7-5-12)10-18-22-19(23-26-18)15-8-9-17-16(11-15)21-13(2)20(25)24(17)3/h4-9,11H,10H2,1-3H3. The van der Waals surface area contributed by atoms with Crippen LogP contribution < -0.4 is 5.56 Å². The van der Waals surface area contributed by atoms with Crippen LogP contribution in [0.5, 0.6) is 0 Å². The number of aromatic nitrogens is 4. The lowest BCUT2D eigenvalue weighted by molar-refractivity contribution is 0.385. The molecule has 0 atom stereocenters. The van der Waals surface area contributed by atoms with Crippen molar-refractivity contribution in [2.75, 3.05) is 0 Å². The summed E-state index contributed by atoms with van der Waals surface area (Å²) < 4.78 is 6.99. The summed E-state index contributed by atoms with van der Waals surface area (Å²) in [4.78, 5) is 20.9. The monoisotopic (exact) mass is 346 g/mol. The van der Waals surface area contributed by atoms with Crippen LogP contribution in [0, 0.1) is 13.8 Å². The quantitative estimate of drug-likeness (QED) is 0.569. The van der Waals surface area contributed by atoms with Gasteiger partial charge in [-0.2, -0.15) is 4.98 Å². The zero-order valence-electron chi connectivity index (χ0n) is 14.9. The van der Waals surface area contributed by atoms with Gasteiger partial charge < -0.3 is 9.09 Å². The Bertz CT molecular complexity index is 1160. The Balaban J connectivity index is 1.68. The number of nitrogens with zero attached hydrogens (tertiary/aromatic N) is 4. The molecule has 0 aliphatic rings. The van der Waals surface area contributed by atoms with Crippen molar-refractivity contribution in [3.05, 3.63) is 75.5 Å². The van der Waals surface area contributed by atoms with E-state index in [0.717, 1.165) is 22.2 Å². The van der Waals surface area contributed by atoms with Crippen molar-refractivity contribution in [1.29, 1.82) is 0 Å². The second-order valence-electron chi connectivity index (χ2n) is 6.44. The van der Waals surface area contributed by atoms with Gasteiger partial charge in [0, 0.05) is 12.6 Å². The number of aryl methyl sites for hydroxylation is 3. The molecule has 0 N–H and O–H groups in total. The summed E-state index contributed by atoms with van der Waals surface area (Å²) in [5.74, 6) is 1.08. The number of fused-ring (bicyclic) bond motifs is 1. The first-order valence-corrected chi connectivity index (χ1v) is 8.37. The molecular formula is C20H18N4O2. The topological polar surface area (TPSA) is 73.8 Å². The zero-order chi connectivity index (χ0) is 18.3. The van der Waals surface area contributed by atoms with E-state index in [9.17, 15) is 4.79 Å². The summed E-state index contributed by atoms with van der Waals surface area (Å²) in [6, 6.07) is 13.9. The third-order valence-corrected chi connectivity index (χ3v) is 4.44. The van der Waals surface area contributed by atoms with Gasteiger partial charge in [-0.25, -0.2) is 4.98 Å². The molecule has 2 aromatic heterocycles. The van der Waals surface area contributed by atoms with Crippen LogP contribution in [0.1, 0.15) is 22.7 Å². The Labute approximate surface area is 150 Å². The summed E-state index contributed by atoms with van der Waals surface area (Å²) in [6.07, 6.45) is 0.590. The Morgan fingerprint density at radius 1 is 1.04 bits per heavy atom. The predicted octanol–water partition coefficient (Wildman–Crippen LogP) is 3.19. The van der Waals surface area contributed by atoms with Crippen molar-refractivity contribution in [1.82, 2.24) is 19.7 Å². The summed E-state index contributed by atoms with van der Waals surface area (Å²) in [5.41, 5.74) is 5.02. The fourth-order valence-electron chi connectivity index (χ4n) is 2.94. The average molecular weight is 346 g/mol. The fraction of sp³-hybridized carbons (Fsp3) is 0.200. The van der Waals surface area contributed by atoms with Crippen molar-refractivity contribution in [2.24, 2.45) is 7.05 Å². The van der Waals surface area contributed by atoms with Crippen LogP contribution >= 0.6 is 0 Å². The maximum Gasteiger partial charge on any atom is 0.272 e. The third-order valence-electron chi connectivity index (χ3n) is 4.44. The van der Waals surface area contributed by atoms with Crippen molar-refractivity contribution in [3.8, 4) is 11.4 Å². The fourth-order valence-corrected chi connectivity index (χ4v) is 2.94. The Morgan fingerprint density at radius 3 is 2.58 bits per heavy atom. The molecule has 0 saturated carbocycles. The highest BCUT2D eigenvalue weighted by molar-refractivity contribution is 5.80. The second kappa shape index (κ2) is 6.22. The van der Waals surface area contributed by atoms with Gasteiger partial charge in [-0.05, 0) is 37.6 Å². The first-order valence-electron chi connectivity index (χ1n) is 8.37. The molecule has 6 nitrogen and oxygen atoms in total. The van der Waals surface area contributed by atoms with E-state index in [-0.39, 0.29) is 5.56 Å². The average Bonchev–Trinajstić information content (AvgIpc) is 3.10. The van der Waals surface area contributed by atoms with Gasteiger partial charge in [0.2, 0.25) is 11.7 Å². The van der Waals surface area contributed by atoms with Crippen LogP contribution in [0.3, 0.4) is 0 Å². The van der Waals surface area contributed by atoms with Gasteiger partial charge in [-0.3, -0.25) is 4.79 Å². The van der Waals surface area contributed by atoms with Gasteiger partial charge in [-0.1, -0.05) is 35.0 Å². The molecule has 2 aromatic carbocycles. The van der Waals surface area contributed by atoms with E-state index in [0.29, 0.717) is 23.8 Å². The summed E-state index contributed by atoms with van der Waals surface area (Å²) in [6.45, 7) is 3.77. The molecule has 0 aliphatic heterocycles. The van der Waals surface area contributed by atoms with E-state index in [1.165, 1.54) is 5.56 Å². The van der Waals surface area contributed by atoms with Crippen molar-refractivity contribution < 1.29 is 4.52 Å².